The number of unbranched alkanes of at least 4 members (excludes halogenated alkanes) is 4. The van der Waals surface area contributed by atoms with E-state index >= 15 is 0 Å². The molecule has 120 valence electrons. The summed E-state index contributed by atoms with van der Waals surface area (Å²) in [7, 11) is 0. The molecule has 1 aliphatic carbocycles. The first-order valence-corrected chi connectivity index (χ1v) is 9.24. The molecule has 1 fully saturated rings. The summed E-state index contributed by atoms with van der Waals surface area (Å²) in [4.78, 5) is 2.77. The summed E-state index contributed by atoms with van der Waals surface area (Å²) >= 11 is 0. The summed E-state index contributed by atoms with van der Waals surface area (Å²) in [6.07, 6.45) is 16.4. The highest BCUT2D eigenvalue weighted by Gasteiger charge is 2.34. The van der Waals surface area contributed by atoms with E-state index in [9.17, 15) is 0 Å². The molecule has 0 unspecified atom stereocenters. The molecule has 20 heavy (non-hydrogen) atoms. The van der Waals surface area contributed by atoms with Crippen LogP contribution < -0.4 is 5.73 Å². The van der Waals surface area contributed by atoms with Crippen molar-refractivity contribution in [1.82, 2.24) is 4.90 Å². The van der Waals surface area contributed by atoms with E-state index in [-0.39, 0.29) is 0 Å². The highest BCUT2D eigenvalue weighted by molar-refractivity contribution is 4.93. The fraction of sp³-hybridized carbons (Fsp3) is 1.00. The number of hydrogen-bond acceptors (Lipinski definition) is 2. The molecule has 0 amide bonds. The minimum Gasteiger partial charge on any atom is -0.329 e. The van der Waals surface area contributed by atoms with Crippen LogP contribution in [0.15, 0.2) is 0 Å². The Balaban J connectivity index is 2.51. The Morgan fingerprint density at radius 2 is 1.45 bits per heavy atom. The van der Waals surface area contributed by atoms with Gasteiger partial charge in [-0.1, -0.05) is 65.2 Å². The summed E-state index contributed by atoms with van der Waals surface area (Å²) in [5, 5.41) is 0. The topological polar surface area (TPSA) is 29.3 Å². The van der Waals surface area contributed by atoms with Crippen LogP contribution in [-0.2, 0) is 0 Å². The Morgan fingerprint density at radius 3 is 2.00 bits per heavy atom. The molecule has 0 spiro atoms. The van der Waals surface area contributed by atoms with Gasteiger partial charge in [-0.15, -0.1) is 0 Å². The molecule has 0 bridgehead atoms. The van der Waals surface area contributed by atoms with Crippen molar-refractivity contribution in [2.24, 2.45) is 5.73 Å². The Morgan fingerprint density at radius 1 is 0.800 bits per heavy atom. The van der Waals surface area contributed by atoms with E-state index in [1.165, 1.54) is 90.1 Å². The molecule has 2 heteroatoms. The van der Waals surface area contributed by atoms with Gasteiger partial charge in [0.1, 0.15) is 0 Å². The van der Waals surface area contributed by atoms with Crippen LogP contribution >= 0.6 is 0 Å². The van der Waals surface area contributed by atoms with Crippen LogP contribution in [0.2, 0.25) is 0 Å². The Hall–Kier alpha value is -0.0800. The molecule has 0 heterocycles. The molecule has 0 aromatic rings. The largest absolute Gasteiger partial charge is 0.329 e. The van der Waals surface area contributed by atoms with Crippen molar-refractivity contribution in [2.45, 2.75) is 96.4 Å². The van der Waals surface area contributed by atoms with Gasteiger partial charge in [-0.2, -0.15) is 0 Å². The monoisotopic (exact) mass is 282 g/mol. The molecule has 2 nitrogen and oxygen atoms in total. The van der Waals surface area contributed by atoms with Crippen molar-refractivity contribution in [3.63, 3.8) is 0 Å². The van der Waals surface area contributed by atoms with E-state index in [0.717, 1.165) is 6.54 Å². The minimum atomic E-state index is 0.331. The summed E-state index contributed by atoms with van der Waals surface area (Å²) in [5.74, 6) is 0. The van der Waals surface area contributed by atoms with E-state index in [1.54, 1.807) is 0 Å². The fourth-order valence-electron chi connectivity index (χ4n) is 3.80. The Labute approximate surface area is 127 Å². The van der Waals surface area contributed by atoms with Gasteiger partial charge in [0.05, 0.1) is 0 Å². The van der Waals surface area contributed by atoms with Crippen molar-refractivity contribution in [3.05, 3.63) is 0 Å². The molecule has 2 N–H and O–H groups in total. The SMILES string of the molecule is CCCCCCCN(CCC)C1(CN)CCCCCC1. The van der Waals surface area contributed by atoms with Gasteiger partial charge in [0, 0.05) is 12.1 Å². The second-order valence-electron chi connectivity index (χ2n) is 6.74. The standard InChI is InChI=1S/C18H38N2/c1-3-5-6-9-12-16-20(15-4-2)18(17-19)13-10-7-8-11-14-18/h3-17,19H2,1-2H3. The third-order valence-electron chi connectivity index (χ3n) is 5.11. The van der Waals surface area contributed by atoms with Gasteiger partial charge in [0.2, 0.25) is 0 Å². The van der Waals surface area contributed by atoms with Crippen LogP contribution in [0.3, 0.4) is 0 Å². The van der Waals surface area contributed by atoms with Gasteiger partial charge in [-0.3, -0.25) is 4.90 Å². The molecule has 1 saturated carbocycles. The first kappa shape index (κ1) is 18.0. The molecule has 0 aliphatic heterocycles. The second kappa shape index (κ2) is 10.6. The average Bonchev–Trinajstić information content (AvgIpc) is 2.72. The van der Waals surface area contributed by atoms with Crippen molar-refractivity contribution in [1.29, 1.82) is 0 Å². The lowest BCUT2D eigenvalue weighted by atomic mass is 9.87. The first-order chi connectivity index (χ1) is 9.79. The smallest absolute Gasteiger partial charge is 0.0331 e. The van der Waals surface area contributed by atoms with Crippen LogP contribution in [0.25, 0.3) is 0 Å². The third-order valence-corrected chi connectivity index (χ3v) is 5.11. The molecule has 1 rings (SSSR count). The zero-order chi connectivity index (χ0) is 14.7. The van der Waals surface area contributed by atoms with Crippen molar-refractivity contribution >= 4 is 0 Å². The second-order valence-corrected chi connectivity index (χ2v) is 6.74. The lowest BCUT2D eigenvalue weighted by Crippen LogP contribution is -2.54. The first-order valence-electron chi connectivity index (χ1n) is 9.24. The molecular formula is C18H38N2. The Kier molecular flexibility index (Phi) is 9.54. The van der Waals surface area contributed by atoms with Gasteiger partial charge >= 0.3 is 0 Å². The average molecular weight is 283 g/mol. The minimum absolute atomic E-state index is 0.331. The quantitative estimate of drug-likeness (QED) is 0.464. The van der Waals surface area contributed by atoms with E-state index < -0.39 is 0 Å². The van der Waals surface area contributed by atoms with Crippen molar-refractivity contribution < 1.29 is 0 Å². The zero-order valence-electron chi connectivity index (χ0n) is 14.1. The number of rotatable bonds is 10. The maximum Gasteiger partial charge on any atom is 0.0331 e. The van der Waals surface area contributed by atoms with Gasteiger partial charge in [0.15, 0.2) is 0 Å². The van der Waals surface area contributed by atoms with Crippen LogP contribution in [0.4, 0.5) is 0 Å². The van der Waals surface area contributed by atoms with E-state index in [1.807, 2.05) is 0 Å². The van der Waals surface area contributed by atoms with Crippen LogP contribution in [-0.4, -0.2) is 30.1 Å². The van der Waals surface area contributed by atoms with Gasteiger partial charge < -0.3 is 5.73 Å². The van der Waals surface area contributed by atoms with E-state index in [4.69, 9.17) is 5.73 Å². The summed E-state index contributed by atoms with van der Waals surface area (Å²) in [5.41, 5.74) is 6.58. The molecule has 1 aliphatic rings. The molecule has 0 radical (unpaired) electrons. The predicted octanol–water partition coefficient (Wildman–Crippen LogP) is 4.72. The zero-order valence-corrected chi connectivity index (χ0v) is 14.1. The maximum absolute atomic E-state index is 6.25. The summed E-state index contributed by atoms with van der Waals surface area (Å²) in [6, 6.07) is 0. The lowest BCUT2D eigenvalue weighted by Gasteiger charge is -2.43. The van der Waals surface area contributed by atoms with Gasteiger partial charge in [0.25, 0.3) is 0 Å². The molecule has 0 aromatic carbocycles. The molecule has 0 atom stereocenters. The van der Waals surface area contributed by atoms with E-state index in [2.05, 4.69) is 18.7 Å². The number of nitrogens with zero attached hydrogens (tertiary/aromatic N) is 1. The normalized spacial score (nSPS) is 19.2. The number of hydrogen-bond donors (Lipinski definition) is 1. The Bertz CT molecular complexity index is 219. The lowest BCUT2D eigenvalue weighted by molar-refractivity contribution is 0.0754. The van der Waals surface area contributed by atoms with Crippen LogP contribution in [0.1, 0.15) is 90.9 Å². The highest BCUT2D eigenvalue weighted by atomic mass is 15.2. The summed E-state index contributed by atoms with van der Waals surface area (Å²) < 4.78 is 0. The summed E-state index contributed by atoms with van der Waals surface area (Å²) in [6.45, 7) is 7.98. The van der Waals surface area contributed by atoms with Crippen LogP contribution in [0, 0.1) is 0 Å². The maximum atomic E-state index is 6.25. The number of nitrogens with two attached hydrogens (primary N) is 1. The predicted molar refractivity (Wildman–Crippen MR) is 90.1 cm³/mol. The molecule has 0 aromatic heterocycles. The van der Waals surface area contributed by atoms with E-state index in [0.29, 0.717) is 5.54 Å². The van der Waals surface area contributed by atoms with Crippen LogP contribution in [0.5, 0.6) is 0 Å². The molecule has 0 saturated heterocycles. The van der Waals surface area contributed by atoms with Crippen molar-refractivity contribution in [2.75, 3.05) is 19.6 Å². The third kappa shape index (κ3) is 5.73. The van der Waals surface area contributed by atoms with Crippen molar-refractivity contribution in [3.8, 4) is 0 Å². The fourth-order valence-corrected chi connectivity index (χ4v) is 3.80. The van der Waals surface area contributed by atoms with Gasteiger partial charge in [-0.05, 0) is 38.8 Å². The molecular weight excluding hydrogens is 244 g/mol. The highest BCUT2D eigenvalue weighted by Crippen LogP contribution is 2.32. The van der Waals surface area contributed by atoms with Gasteiger partial charge in [-0.25, -0.2) is 0 Å².